The minimum absolute atomic E-state index is 0.216. The fourth-order valence-corrected chi connectivity index (χ4v) is 2.86. The number of aliphatic carboxylic acids is 1. The van der Waals surface area contributed by atoms with E-state index in [-0.39, 0.29) is 17.8 Å². The molecule has 2 rings (SSSR count). The van der Waals surface area contributed by atoms with Gasteiger partial charge in [-0.25, -0.2) is 0 Å². The Bertz CT molecular complexity index is 259. The maximum Gasteiger partial charge on any atom is 0.306 e. The summed E-state index contributed by atoms with van der Waals surface area (Å²) in [7, 11) is 0. The Hall–Kier alpha value is -1.06. The lowest BCUT2D eigenvalue weighted by atomic mass is 9.66. The van der Waals surface area contributed by atoms with Gasteiger partial charge in [-0.2, -0.15) is 0 Å². The van der Waals surface area contributed by atoms with Crippen molar-refractivity contribution in [1.82, 2.24) is 0 Å². The van der Waals surface area contributed by atoms with Gasteiger partial charge in [-0.05, 0) is 25.7 Å². The first-order valence-corrected chi connectivity index (χ1v) is 5.17. The highest BCUT2D eigenvalue weighted by Gasteiger charge is 2.40. The number of hydrogen-bond acceptors (Lipinski definition) is 3. The van der Waals surface area contributed by atoms with Crippen LogP contribution >= 0.6 is 0 Å². The van der Waals surface area contributed by atoms with E-state index in [9.17, 15) is 4.79 Å². The van der Waals surface area contributed by atoms with Gasteiger partial charge in [0.25, 0.3) is 0 Å². The van der Waals surface area contributed by atoms with Crippen molar-refractivity contribution < 1.29 is 15.1 Å². The molecule has 0 heterocycles. The third kappa shape index (κ3) is 1.49. The van der Waals surface area contributed by atoms with Gasteiger partial charge in [0.1, 0.15) is 0 Å². The predicted molar refractivity (Wildman–Crippen MR) is 50.4 cm³/mol. The van der Waals surface area contributed by atoms with Crippen LogP contribution in [0.2, 0.25) is 0 Å². The molecule has 2 N–H and O–H groups in total. The zero-order valence-corrected chi connectivity index (χ0v) is 8.02. The molecule has 0 aliphatic heterocycles. The molecule has 0 aromatic carbocycles. The summed E-state index contributed by atoms with van der Waals surface area (Å²) >= 11 is 0. The van der Waals surface area contributed by atoms with E-state index in [1.165, 1.54) is 0 Å². The molecule has 0 spiro atoms. The average molecular weight is 197 g/mol. The Morgan fingerprint density at radius 2 is 1.86 bits per heavy atom. The molecule has 2 saturated carbocycles. The molecule has 2 fully saturated rings. The molecule has 2 aliphatic rings. The molecule has 0 aromatic rings. The molecule has 1 unspecified atom stereocenters. The van der Waals surface area contributed by atoms with Gasteiger partial charge in [-0.3, -0.25) is 4.79 Å². The minimum atomic E-state index is -0.695. The van der Waals surface area contributed by atoms with Crippen LogP contribution in [0.3, 0.4) is 0 Å². The molecule has 0 saturated heterocycles. The Balaban J connectivity index is 2.16. The number of nitrogens with zero attached hydrogens (tertiary/aromatic N) is 1. The van der Waals surface area contributed by atoms with E-state index in [1.54, 1.807) is 0 Å². The van der Waals surface area contributed by atoms with Gasteiger partial charge in [-0.15, -0.1) is 0 Å². The molecule has 0 radical (unpaired) electrons. The highest BCUT2D eigenvalue weighted by atomic mass is 16.4. The smallest absolute Gasteiger partial charge is 0.306 e. The number of carboxylic acid groups (broad SMARTS) is 1. The van der Waals surface area contributed by atoms with Gasteiger partial charge < -0.3 is 10.3 Å². The Morgan fingerprint density at radius 3 is 2.29 bits per heavy atom. The molecule has 4 nitrogen and oxygen atoms in total. The zero-order chi connectivity index (χ0) is 10.1. The number of carboxylic acids is 1. The van der Waals surface area contributed by atoms with Crippen molar-refractivity contribution in [3.05, 3.63) is 0 Å². The second-order valence-electron chi connectivity index (χ2n) is 4.36. The van der Waals surface area contributed by atoms with E-state index in [0.29, 0.717) is 12.8 Å². The average Bonchev–Trinajstić information content (AvgIpc) is 2.15. The molecule has 3 atom stereocenters. The van der Waals surface area contributed by atoms with Crippen LogP contribution in [0.1, 0.15) is 32.1 Å². The van der Waals surface area contributed by atoms with E-state index >= 15 is 0 Å². The van der Waals surface area contributed by atoms with Crippen LogP contribution in [-0.2, 0) is 4.79 Å². The lowest BCUT2D eigenvalue weighted by Crippen LogP contribution is -2.39. The second-order valence-corrected chi connectivity index (χ2v) is 4.36. The number of oxime groups is 1. The van der Waals surface area contributed by atoms with E-state index in [1.807, 2.05) is 0 Å². The van der Waals surface area contributed by atoms with Crippen LogP contribution < -0.4 is 0 Å². The molecule has 0 amide bonds. The molecule has 4 heteroatoms. The topological polar surface area (TPSA) is 69.9 Å². The van der Waals surface area contributed by atoms with Crippen LogP contribution in [0.15, 0.2) is 5.16 Å². The van der Waals surface area contributed by atoms with Gasteiger partial charge in [0.05, 0.1) is 11.6 Å². The summed E-state index contributed by atoms with van der Waals surface area (Å²) in [5, 5.41) is 21.2. The summed E-state index contributed by atoms with van der Waals surface area (Å²) in [6, 6.07) is 0. The van der Waals surface area contributed by atoms with E-state index in [2.05, 4.69) is 5.16 Å². The maximum absolute atomic E-state index is 10.9. The number of carbonyl (C=O) groups is 1. The zero-order valence-electron chi connectivity index (χ0n) is 8.02. The number of fused-ring (bicyclic) bond motifs is 2. The molecule has 14 heavy (non-hydrogen) atoms. The summed E-state index contributed by atoms with van der Waals surface area (Å²) in [5.41, 5.74) is 0.855. The van der Waals surface area contributed by atoms with Crippen LogP contribution in [0.5, 0.6) is 0 Å². The van der Waals surface area contributed by atoms with Crippen molar-refractivity contribution >= 4 is 11.7 Å². The first-order valence-electron chi connectivity index (χ1n) is 5.17. The third-order valence-electron chi connectivity index (χ3n) is 3.54. The highest BCUT2D eigenvalue weighted by molar-refractivity contribution is 5.91. The third-order valence-corrected chi connectivity index (χ3v) is 3.54. The Morgan fingerprint density at radius 1 is 1.29 bits per heavy atom. The minimum Gasteiger partial charge on any atom is -0.481 e. The molecular weight excluding hydrogens is 182 g/mol. The van der Waals surface area contributed by atoms with Crippen molar-refractivity contribution in [3.8, 4) is 0 Å². The van der Waals surface area contributed by atoms with Crippen molar-refractivity contribution in [2.45, 2.75) is 32.1 Å². The van der Waals surface area contributed by atoms with Crippen molar-refractivity contribution in [2.75, 3.05) is 0 Å². The molecule has 0 aromatic heterocycles. The van der Waals surface area contributed by atoms with Gasteiger partial charge in [0.2, 0.25) is 0 Å². The van der Waals surface area contributed by atoms with Crippen LogP contribution in [0.4, 0.5) is 0 Å². The van der Waals surface area contributed by atoms with E-state index < -0.39 is 5.97 Å². The van der Waals surface area contributed by atoms with Crippen LogP contribution in [-0.4, -0.2) is 22.0 Å². The summed E-state index contributed by atoms with van der Waals surface area (Å²) in [5.74, 6) is -0.489. The first kappa shape index (κ1) is 9.49. The molecular formula is C10H15NO3. The molecule has 78 valence electrons. The Labute approximate surface area is 82.6 Å². The SMILES string of the molecule is O=C(O)C1C[C@H]2CCC[C@@H](C1)C2=NO. The van der Waals surface area contributed by atoms with Crippen molar-refractivity contribution in [2.24, 2.45) is 22.9 Å². The van der Waals surface area contributed by atoms with Gasteiger partial charge >= 0.3 is 5.97 Å². The van der Waals surface area contributed by atoms with Gasteiger partial charge in [0, 0.05) is 11.8 Å². The molecule has 2 bridgehead atoms. The maximum atomic E-state index is 10.9. The van der Waals surface area contributed by atoms with Crippen molar-refractivity contribution in [3.63, 3.8) is 0 Å². The quantitative estimate of drug-likeness (QED) is 0.496. The normalized spacial score (nSPS) is 39.7. The Kier molecular flexibility index (Phi) is 2.44. The fourth-order valence-electron chi connectivity index (χ4n) is 2.86. The predicted octanol–water partition coefficient (Wildman–Crippen LogP) is 1.73. The van der Waals surface area contributed by atoms with E-state index in [0.717, 1.165) is 25.0 Å². The van der Waals surface area contributed by atoms with Crippen LogP contribution in [0.25, 0.3) is 0 Å². The van der Waals surface area contributed by atoms with Crippen LogP contribution in [0, 0.1) is 17.8 Å². The first-order chi connectivity index (χ1) is 6.72. The standard InChI is InChI=1S/C10H15NO3/c12-10(13)8-4-6-2-1-3-7(5-8)9(6)11-14/h6-8,14H,1-5H2,(H,12,13)/t6-,7+,8?. The lowest BCUT2D eigenvalue weighted by Gasteiger charge is -2.37. The van der Waals surface area contributed by atoms with Gasteiger partial charge in [-0.1, -0.05) is 11.6 Å². The van der Waals surface area contributed by atoms with Crippen molar-refractivity contribution in [1.29, 1.82) is 0 Å². The fraction of sp³-hybridized carbons (Fsp3) is 0.800. The monoisotopic (exact) mass is 197 g/mol. The van der Waals surface area contributed by atoms with Gasteiger partial charge in [0.15, 0.2) is 0 Å². The summed E-state index contributed by atoms with van der Waals surface area (Å²) in [4.78, 5) is 10.9. The highest BCUT2D eigenvalue weighted by Crippen LogP contribution is 2.40. The lowest BCUT2D eigenvalue weighted by molar-refractivity contribution is -0.143. The largest absolute Gasteiger partial charge is 0.481 e. The second kappa shape index (κ2) is 3.59. The number of hydrogen-bond donors (Lipinski definition) is 2. The van der Waals surface area contributed by atoms with E-state index in [4.69, 9.17) is 10.3 Å². The molecule has 2 aliphatic carbocycles. The summed E-state index contributed by atoms with van der Waals surface area (Å²) in [6.45, 7) is 0. The summed E-state index contributed by atoms with van der Waals surface area (Å²) < 4.78 is 0. The summed E-state index contributed by atoms with van der Waals surface area (Å²) in [6.07, 6.45) is 4.43. The number of rotatable bonds is 1.